The molecule has 0 heterocycles. The number of phenolic OH excluding ortho intramolecular Hbond substituents is 2. The van der Waals surface area contributed by atoms with Crippen LogP contribution in [0.15, 0.2) is 97.1 Å². The average molecular weight is 547 g/mol. The second-order valence-electron chi connectivity index (χ2n) is 8.89. The summed E-state index contributed by atoms with van der Waals surface area (Å²) in [6, 6.07) is 21.4. The fourth-order valence-electron chi connectivity index (χ4n) is 4.39. The first-order valence-electron chi connectivity index (χ1n) is 11.8. The molecule has 0 unspecified atom stereocenters. The number of anilines is 2. The van der Waals surface area contributed by atoms with Gasteiger partial charge in [0.15, 0.2) is 0 Å². The largest absolute Gasteiger partial charge is 0.506 e. The summed E-state index contributed by atoms with van der Waals surface area (Å²) in [4.78, 5) is 0. The van der Waals surface area contributed by atoms with Crippen LogP contribution in [-0.4, -0.2) is 22.6 Å². The van der Waals surface area contributed by atoms with Gasteiger partial charge in [-0.1, -0.05) is 72.8 Å². The first kappa shape index (κ1) is 27.7. The summed E-state index contributed by atoms with van der Waals surface area (Å²) in [6.45, 7) is 0.102. The first-order chi connectivity index (χ1) is 18.4. The Kier molecular flexibility index (Phi) is 7.67. The molecule has 0 aliphatic heterocycles. The van der Waals surface area contributed by atoms with Crippen molar-refractivity contribution in [2.45, 2.75) is 30.9 Å². The standard InChI is InChI=1S/C29H24F6N2O2/c30-28(31,32)27(29(33,34)35,21-11-13-25(38)23(15-21)36-17-19-7-3-1-4-8-19)22-12-14-26(39)24(16-22)37-18-20-9-5-2-6-10-20/h1-16,36-39H,17-18H2. The lowest BCUT2D eigenvalue weighted by Crippen LogP contribution is -2.54. The second kappa shape index (κ2) is 10.8. The van der Waals surface area contributed by atoms with Gasteiger partial charge < -0.3 is 20.8 Å². The fourth-order valence-corrected chi connectivity index (χ4v) is 4.39. The van der Waals surface area contributed by atoms with Crippen molar-refractivity contribution in [3.8, 4) is 11.5 Å². The Morgan fingerprint density at radius 3 is 1.21 bits per heavy atom. The SMILES string of the molecule is Oc1ccc(C(c2ccc(O)c(NCc3ccccc3)c2)(C(F)(F)F)C(F)(F)F)cc1NCc1ccccc1. The fraction of sp³-hybridized carbons (Fsp3) is 0.172. The number of hydrogen-bond acceptors (Lipinski definition) is 4. The molecule has 0 aromatic heterocycles. The van der Waals surface area contributed by atoms with Gasteiger partial charge in [0, 0.05) is 13.1 Å². The van der Waals surface area contributed by atoms with E-state index < -0.39 is 40.4 Å². The molecule has 0 aliphatic rings. The van der Waals surface area contributed by atoms with E-state index in [0.717, 1.165) is 12.1 Å². The molecule has 0 amide bonds. The molecule has 4 aromatic rings. The zero-order chi connectivity index (χ0) is 28.3. The minimum atomic E-state index is -5.84. The monoisotopic (exact) mass is 546 g/mol. The van der Waals surface area contributed by atoms with E-state index in [2.05, 4.69) is 10.6 Å². The number of benzene rings is 4. The highest BCUT2D eigenvalue weighted by atomic mass is 19.4. The number of nitrogens with one attached hydrogen (secondary N) is 2. The van der Waals surface area contributed by atoms with Crippen LogP contribution < -0.4 is 10.6 Å². The van der Waals surface area contributed by atoms with E-state index in [0.29, 0.717) is 35.4 Å². The lowest BCUT2D eigenvalue weighted by atomic mass is 9.72. The van der Waals surface area contributed by atoms with Gasteiger partial charge in [0.1, 0.15) is 11.5 Å². The summed E-state index contributed by atoms with van der Waals surface area (Å²) in [6.07, 6.45) is -11.7. The van der Waals surface area contributed by atoms with E-state index in [1.165, 1.54) is 0 Å². The summed E-state index contributed by atoms with van der Waals surface area (Å²) in [5, 5.41) is 25.9. The first-order valence-corrected chi connectivity index (χ1v) is 11.8. The van der Waals surface area contributed by atoms with Crippen molar-refractivity contribution in [3.05, 3.63) is 119 Å². The molecule has 10 heteroatoms. The topological polar surface area (TPSA) is 64.5 Å². The molecule has 0 bridgehead atoms. The van der Waals surface area contributed by atoms with Crippen LogP contribution in [0.2, 0.25) is 0 Å². The summed E-state index contributed by atoms with van der Waals surface area (Å²) >= 11 is 0. The van der Waals surface area contributed by atoms with Crippen LogP contribution in [0.5, 0.6) is 11.5 Å². The van der Waals surface area contributed by atoms with Crippen LogP contribution in [-0.2, 0) is 18.5 Å². The number of halogens is 6. The van der Waals surface area contributed by atoms with E-state index in [1.54, 1.807) is 60.7 Å². The molecule has 0 spiro atoms. The quantitative estimate of drug-likeness (QED) is 0.135. The van der Waals surface area contributed by atoms with Gasteiger partial charge in [-0.2, -0.15) is 26.3 Å². The smallest absolute Gasteiger partial charge is 0.411 e. The van der Waals surface area contributed by atoms with E-state index >= 15 is 0 Å². The minimum Gasteiger partial charge on any atom is -0.506 e. The molecule has 0 atom stereocenters. The number of alkyl halides is 6. The molecule has 0 aliphatic carbocycles. The van der Waals surface area contributed by atoms with Gasteiger partial charge in [0.05, 0.1) is 11.4 Å². The lowest BCUT2D eigenvalue weighted by Gasteiger charge is -2.38. The lowest BCUT2D eigenvalue weighted by molar-refractivity contribution is -0.288. The Morgan fingerprint density at radius 2 is 0.872 bits per heavy atom. The Balaban J connectivity index is 1.81. The van der Waals surface area contributed by atoms with Gasteiger partial charge >= 0.3 is 12.4 Å². The number of hydrogen-bond donors (Lipinski definition) is 4. The van der Waals surface area contributed by atoms with Gasteiger partial charge in [-0.25, -0.2) is 0 Å². The van der Waals surface area contributed by atoms with Crippen molar-refractivity contribution in [2.24, 2.45) is 0 Å². The average Bonchev–Trinajstić information content (AvgIpc) is 2.89. The molecular weight excluding hydrogens is 522 g/mol. The van der Waals surface area contributed by atoms with Crippen LogP contribution in [0.25, 0.3) is 0 Å². The summed E-state index contributed by atoms with van der Waals surface area (Å²) in [7, 11) is 0. The summed E-state index contributed by atoms with van der Waals surface area (Å²) in [5.74, 6) is -1.02. The maximum atomic E-state index is 14.7. The Bertz CT molecular complexity index is 1300. The molecule has 4 nitrogen and oxygen atoms in total. The zero-order valence-electron chi connectivity index (χ0n) is 20.3. The van der Waals surface area contributed by atoms with Crippen molar-refractivity contribution in [2.75, 3.05) is 10.6 Å². The molecule has 4 rings (SSSR count). The molecule has 39 heavy (non-hydrogen) atoms. The minimum absolute atomic E-state index is 0.0512. The molecule has 0 saturated carbocycles. The Morgan fingerprint density at radius 1 is 0.513 bits per heavy atom. The summed E-state index contributed by atoms with van der Waals surface area (Å²) in [5.41, 5.74) is -5.94. The van der Waals surface area contributed by atoms with E-state index in [4.69, 9.17) is 0 Å². The van der Waals surface area contributed by atoms with Crippen LogP contribution >= 0.6 is 0 Å². The second-order valence-corrected chi connectivity index (χ2v) is 8.89. The molecule has 0 fully saturated rings. The van der Waals surface area contributed by atoms with Gasteiger partial charge in [-0.3, -0.25) is 0 Å². The van der Waals surface area contributed by atoms with Gasteiger partial charge in [-0.05, 0) is 46.5 Å². The van der Waals surface area contributed by atoms with Gasteiger partial charge in [0.25, 0.3) is 0 Å². The molecule has 0 radical (unpaired) electrons. The number of phenols is 2. The molecule has 204 valence electrons. The predicted molar refractivity (Wildman–Crippen MR) is 137 cm³/mol. The molecule has 4 aromatic carbocycles. The predicted octanol–water partition coefficient (Wildman–Crippen LogP) is 7.73. The maximum absolute atomic E-state index is 14.7. The van der Waals surface area contributed by atoms with Crippen molar-refractivity contribution in [1.29, 1.82) is 0 Å². The highest BCUT2D eigenvalue weighted by Gasteiger charge is 2.72. The third-order valence-electron chi connectivity index (χ3n) is 6.36. The van der Waals surface area contributed by atoms with Crippen molar-refractivity contribution in [1.82, 2.24) is 0 Å². The van der Waals surface area contributed by atoms with Crippen molar-refractivity contribution in [3.63, 3.8) is 0 Å². The van der Waals surface area contributed by atoms with Gasteiger partial charge in [-0.15, -0.1) is 0 Å². The normalized spacial score (nSPS) is 12.3. The van der Waals surface area contributed by atoms with Crippen molar-refractivity contribution >= 4 is 11.4 Å². The molecule has 4 N–H and O–H groups in total. The van der Waals surface area contributed by atoms with E-state index in [-0.39, 0.29) is 24.5 Å². The van der Waals surface area contributed by atoms with Crippen LogP contribution in [0.4, 0.5) is 37.7 Å². The van der Waals surface area contributed by atoms with Crippen LogP contribution in [0.1, 0.15) is 22.3 Å². The van der Waals surface area contributed by atoms with E-state index in [1.807, 2.05) is 0 Å². The Labute approximate surface area is 220 Å². The maximum Gasteiger partial charge on any atom is 0.411 e. The zero-order valence-corrected chi connectivity index (χ0v) is 20.3. The molecule has 0 saturated heterocycles. The molecular formula is C29H24F6N2O2. The van der Waals surface area contributed by atoms with Crippen LogP contribution in [0.3, 0.4) is 0 Å². The van der Waals surface area contributed by atoms with Gasteiger partial charge in [0.2, 0.25) is 5.41 Å². The number of rotatable bonds is 8. The Hall–Kier alpha value is -4.34. The van der Waals surface area contributed by atoms with Crippen LogP contribution in [0, 0.1) is 0 Å². The summed E-state index contributed by atoms with van der Waals surface area (Å²) < 4.78 is 88.3. The highest BCUT2D eigenvalue weighted by molar-refractivity contribution is 5.64. The van der Waals surface area contributed by atoms with Crippen molar-refractivity contribution < 1.29 is 36.6 Å². The number of aromatic hydroxyl groups is 2. The third kappa shape index (κ3) is 5.59. The van der Waals surface area contributed by atoms with E-state index in [9.17, 15) is 36.6 Å². The third-order valence-corrected chi connectivity index (χ3v) is 6.36. The highest BCUT2D eigenvalue weighted by Crippen LogP contribution is 2.57.